The van der Waals surface area contributed by atoms with E-state index in [2.05, 4.69) is 0 Å². The summed E-state index contributed by atoms with van der Waals surface area (Å²) in [5.41, 5.74) is 2.02. The van der Waals surface area contributed by atoms with Gasteiger partial charge in [0.05, 0.1) is 11.5 Å². The second-order valence-corrected chi connectivity index (χ2v) is 8.14. The Kier molecular flexibility index (Phi) is 2.88. The van der Waals surface area contributed by atoms with E-state index in [1.807, 2.05) is 34.9 Å². The number of rotatable bonds is 2. The van der Waals surface area contributed by atoms with Gasteiger partial charge in [-0.25, -0.2) is 8.42 Å². The molecule has 0 saturated carbocycles. The quantitative estimate of drug-likeness (QED) is 0.800. The molecule has 18 heavy (non-hydrogen) atoms. The number of fused-ring (bicyclic) bond motifs is 1. The summed E-state index contributed by atoms with van der Waals surface area (Å²) in [4.78, 5) is 0.913. The lowest BCUT2D eigenvalue weighted by molar-refractivity contribution is 0.596. The van der Waals surface area contributed by atoms with Crippen molar-refractivity contribution in [3.05, 3.63) is 50.4 Å². The number of thiazole rings is 1. The second kappa shape index (κ2) is 4.29. The van der Waals surface area contributed by atoms with Crippen molar-refractivity contribution >= 4 is 33.4 Å². The molecule has 1 aliphatic rings. The molecule has 3 nitrogen and oxygen atoms in total. The van der Waals surface area contributed by atoms with E-state index in [-0.39, 0.29) is 11.5 Å². The third kappa shape index (κ3) is 2.15. The first-order valence-corrected chi connectivity index (χ1v) is 8.55. The van der Waals surface area contributed by atoms with Gasteiger partial charge in [-0.15, -0.1) is 11.3 Å². The third-order valence-corrected chi connectivity index (χ3v) is 6.09. The van der Waals surface area contributed by atoms with Crippen LogP contribution in [0.15, 0.2) is 30.3 Å². The zero-order valence-corrected chi connectivity index (χ0v) is 11.9. The Hall–Kier alpha value is -0.980. The first-order chi connectivity index (χ1) is 8.55. The highest BCUT2D eigenvalue weighted by Gasteiger charge is 2.29. The Morgan fingerprint density at radius 1 is 1.22 bits per heavy atom. The smallest absolute Gasteiger partial charge is 0.161 e. The molecule has 0 bridgehead atoms. The van der Waals surface area contributed by atoms with Gasteiger partial charge in [0.15, 0.2) is 13.8 Å². The van der Waals surface area contributed by atoms with Gasteiger partial charge in [-0.1, -0.05) is 30.3 Å². The van der Waals surface area contributed by atoms with Gasteiger partial charge in [-0.05, 0) is 17.8 Å². The highest BCUT2D eigenvalue weighted by atomic mass is 32.2. The van der Waals surface area contributed by atoms with E-state index in [4.69, 9.17) is 12.2 Å². The maximum atomic E-state index is 11.6. The number of benzene rings is 1. The van der Waals surface area contributed by atoms with Crippen LogP contribution >= 0.6 is 23.6 Å². The van der Waals surface area contributed by atoms with E-state index in [9.17, 15) is 8.42 Å². The van der Waals surface area contributed by atoms with Gasteiger partial charge in [0.1, 0.15) is 0 Å². The van der Waals surface area contributed by atoms with Gasteiger partial charge in [0, 0.05) is 17.1 Å². The molecule has 1 aliphatic heterocycles. The maximum Gasteiger partial charge on any atom is 0.161 e. The molecule has 0 N–H and O–H groups in total. The van der Waals surface area contributed by atoms with E-state index < -0.39 is 9.84 Å². The van der Waals surface area contributed by atoms with Crippen molar-refractivity contribution in [2.24, 2.45) is 0 Å². The van der Waals surface area contributed by atoms with Crippen LogP contribution in [-0.4, -0.2) is 13.0 Å². The SMILES string of the molecule is O=S1(=O)Cc2sc(=S)n(Cc3ccccc3)c2C1. The fourth-order valence-electron chi connectivity index (χ4n) is 2.14. The Morgan fingerprint density at radius 3 is 2.67 bits per heavy atom. The zero-order chi connectivity index (χ0) is 12.8. The average molecular weight is 297 g/mol. The number of hydrogen-bond donors (Lipinski definition) is 0. The van der Waals surface area contributed by atoms with Crippen molar-refractivity contribution in [1.82, 2.24) is 4.57 Å². The summed E-state index contributed by atoms with van der Waals surface area (Å²) < 4.78 is 26.0. The molecule has 1 aromatic carbocycles. The summed E-state index contributed by atoms with van der Waals surface area (Å²) in [5.74, 6) is 0.279. The van der Waals surface area contributed by atoms with Crippen molar-refractivity contribution in [3.8, 4) is 0 Å². The molecule has 6 heteroatoms. The van der Waals surface area contributed by atoms with E-state index in [1.165, 1.54) is 11.3 Å². The van der Waals surface area contributed by atoms with Crippen molar-refractivity contribution < 1.29 is 8.42 Å². The molecular formula is C12H11NO2S3. The molecule has 3 rings (SSSR count). The highest BCUT2D eigenvalue weighted by molar-refractivity contribution is 7.90. The lowest BCUT2D eigenvalue weighted by Crippen LogP contribution is -2.05. The summed E-state index contributed by atoms with van der Waals surface area (Å²) in [6.07, 6.45) is 0. The Bertz CT molecular complexity index is 741. The summed E-state index contributed by atoms with van der Waals surface area (Å²) in [5, 5.41) is 0. The minimum absolute atomic E-state index is 0.127. The molecule has 94 valence electrons. The van der Waals surface area contributed by atoms with Crippen molar-refractivity contribution in [2.45, 2.75) is 18.1 Å². The second-order valence-electron chi connectivity index (χ2n) is 4.34. The lowest BCUT2D eigenvalue weighted by Gasteiger charge is -2.06. The molecule has 0 unspecified atom stereocenters. The minimum atomic E-state index is -2.95. The molecule has 0 fully saturated rings. The fraction of sp³-hybridized carbons (Fsp3) is 0.250. The molecule has 0 spiro atoms. The normalized spacial score (nSPS) is 16.7. The van der Waals surface area contributed by atoms with Crippen LogP contribution in [0.2, 0.25) is 0 Å². The van der Waals surface area contributed by atoms with Crippen LogP contribution in [0.5, 0.6) is 0 Å². The predicted molar refractivity (Wildman–Crippen MR) is 75.0 cm³/mol. The third-order valence-electron chi connectivity index (χ3n) is 2.97. The molecule has 2 aromatic rings. The minimum Gasteiger partial charge on any atom is -0.321 e. The molecule has 0 saturated heterocycles. The van der Waals surface area contributed by atoms with E-state index >= 15 is 0 Å². The van der Waals surface area contributed by atoms with E-state index in [0.29, 0.717) is 6.54 Å². The van der Waals surface area contributed by atoms with Crippen molar-refractivity contribution in [2.75, 3.05) is 0 Å². The number of hydrogen-bond acceptors (Lipinski definition) is 4. The predicted octanol–water partition coefficient (Wildman–Crippen LogP) is 2.76. The van der Waals surface area contributed by atoms with E-state index in [0.717, 1.165) is 20.1 Å². The van der Waals surface area contributed by atoms with Gasteiger partial charge < -0.3 is 4.57 Å². The summed E-state index contributed by atoms with van der Waals surface area (Å²) in [6, 6.07) is 9.96. The molecule has 0 atom stereocenters. The maximum absolute atomic E-state index is 11.6. The van der Waals surface area contributed by atoms with Gasteiger partial charge >= 0.3 is 0 Å². The van der Waals surface area contributed by atoms with Gasteiger partial charge in [0.25, 0.3) is 0 Å². The number of aromatic nitrogens is 1. The van der Waals surface area contributed by atoms with Crippen LogP contribution in [0.25, 0.3) is 0 Å². The lowest BCUT2D eigenvalue weighted by atomic mass is 10.2. The molecule has 0 radical (unpaired) electrons. The van der Waals surface area contributed by atoms with Gasteiger partial charge in [-0.2, -0.15) is 0 Å². The van der Waals surface area contributed by atoms with Crippen LogP contribution in [-0.2, 0) is 27.9 Å². The van der Waals surface area contributed by atoms with Crippen LogP contribution in [0.3, 0.4) is 0 Å². The summed E-state index contributed by atoms with van der Waals surface area (Å²) in [6.45, 7) is 0.654. The standard InChI is InChI=1S/C12H11NO2S3/c14-18(15)7-10-11(8-18)17-12(16)13(10)6-9-4-2-1-3-5-9/h1-5H,6-8H2. The van der Waals surface area contributed by atoms with Crippen LogP contribution in [0.1, 0.15) is 16.1 Å². The molecule has 0 amide bonds. The van der Waals surface area contributed by atoms with Crippen LogP contribution < -0.4 is 0 Å². The Balaban J connectivity index is 2.03. The number of sulfone groups is 1. The summed E-state index contributed by atoms with van der Waals surface area (Å²) in [7, 11) is -2.95. The Labute approximate surface area is 115 Å². The fourth-order valence-corrected chi connectivity index (χ4v) is 5.69. The summed E-state index contributed by atoms with van der Waals surface area (Å²) >= 11 is 6.74. The van der Waals surface area contributed by atoms with E-state index in [1.54, 1.807) is 0 Å². The zero-order valence-electron chi connectivity index (χ0n) is 9.50. The highest BCUT2D eigenvalue weighted by Crippen LogP contribution is 2.31. The largest absolute Gasteiger partial charge is 0.321 e. The van der Waals surface area contributed by atoms with Crippen molar-refractivity contribution in [1.29, 1.82) is 0 Å². The van der Waals surface area contributed by atoms with Gasteiger partial charge in [-0.3, -0.25) is 0 Å². The van der Waals surface area contributed by atoms with Gasteiger partial charge in [0.2, 0.25) is 0 Å². The first kappa shape index (κ1) is 12.1. The molecule has 2 heterocycles. The molecular weight excluding hydrogens is 286 g/mol. The molecule has 1 aromatic heterocycles. The molecule has 0 aliphatic carbocycles. The topological polar surface area (TPSA) is 39.1 Å². The monoisotopic (exact) mass is 297 g/mol. The van der Waals surface area contributed by atoms with Crippen LogP contribution in [0, 0.1) is 3.95 Å². The Morgan fingerprint density at radius 2 is 1.94 bits per heavy atom. The van der Waals surface area contributed by atoms with Crippen LogP contribution in [0.4, 0.5) is 0 Å². The first-order valence-electron chi connectivity index (χ1n) is 5.51. The average Bonchev–Trinajstić information content (AvgIpc) is 2.74. The number of nitrogens with zero attached hydrogens (tertiary/aromatic N) is 1. The van der Waals surface area contributed by atoms with Crippen molar-refractivity contribution in [3.63, 3.8) is 0 Å².